The van der Waals surface area contributed by atoms with Gasteiger partial charge < -0.3 is 16.4 Å². The molecule has 0 atom stereocenters. The third-order valence-electron chi connectivity index (χ3n) is 3.79. The Morgan fingerprint density at radius 1 is 1.00 bits per heavy atom. The summed E-state index contributed by atoms with van der Waals surface area (Å²) in [5, 5.41) is 5.84. The summed E-state index contributed by atoms with van der Waals surface area (Å²) in [6.45, 7) is 1.38. The quantitative estimate of drug-likeness (QED) is 0.465. The van der Waals surface area contributed by atoms with E-state index >= 15 is 0 Å². The number of nitrogens with two attached hydrogens (primary N) is 1. The van der Waals surface area contributed by atoms with Crippen molar-refractivity contribution in [3.63, 3.8) is 0 Å². The molecule has 0 unspecified atom stereocenters. The zero-order valence-electron chi connectivity index (χ0n) is 14.3. The van der Waals surface area contributed by atoms with E-state index in [0.717, 1.165) is 10.5 Å². The summed E-state index contributed by atoms with van der Waals surface area (Å²) in [7, 11) is 0. The Labute approximate surface area is 163 Å². The Morgan fingerprint density at radius 3 is 2.41 bits per heavy atom. The number of nitrogens with one attached hydrogen (secondary N) is 2. The van der Waals surface area contributed by atoms with Crippen molar-refractivity contribution in [1.29, 1.82) is 0 Å². The first-order chi connectivity index (χ1) is 12.8. The molecule has 0 radical (unpaired) electrons. The largest absolute Gasteiger partial charge is 0.397 e. The van der Waals surface area contributed by atoms with Crippen molar-refractivity contribution < 1.29 is 13.6 Å². The SMILES string of the molecule is CC(=O)Nc1cc(Nc2ccc(Br)cc2N)cc(-c2ccc(F)cc2F)c1. The molecule has 0 spiro atoms. The van der Waals surface area contributed by atoms with Crippen molar-refractivity contribution in [3.8, 4) is 11.1 Å². The summed E-state index contributed by atoms with van der Waals surface area (Å²) in [6.07, 6.45) is 0. The maximum Gasteiger partial charge on any atom is 0.221 e. The van der Waals surface area contributed by atoms with Gasteiger partial charge in [-0.05, 0) is 54.1 Å². The molecule has 0 aliphatic rings. The number of carbonyl (C=O) groups is 1. The summed E-state index contributed by atoms with van der Waals surface area (Å²) in [5.74, 6) is -1.61. The Kier molecular flexibility index (Phi) is 5.41. The molecule has 4 N–H and O–H groups in total. The average Bonchev–Trinajstić information content (AvgIpc) is 2.56. The van der Waals surface area contributed by atoms with E-state index in [0.29, 0.717) is 28.3 Å². The van der Waals surface area contributed by atoms with Gasteiger partial charge in [0.05, 0.1) is 11.4 Å². The minimum atomic E-state index is -0.691. The number of nitrogen functional groups attached to an aromatic ring is 1. The minimum Gasteiger partial charge on any atom is -0.397 e. The molecule has 3 aromatic rings. The normalized spacial score (nSPS) is 10.5. The molecule has 138 valence electrons. The van der Waals surface area contributed by atoms with Crippen molar-refractivity contribution in [1.82, 2.24) is 0 Å². The van der Waals surface area contributed by atoms with E-state index in [1.165, 1.54) is 19.1 Å². The Hall–Kier alpha value is -2.93. The minimum absolute atomic E-state index is 0.218. The molecule has 0 fully saturated rings. The van der Waals surface area contributed by atoms with Gasteiger partial charge in [0.1, 0.15) is 11.6 Å². The van der Waals surface area contributed by atoms with Gasteiger partial charge in [-0.15, -0.1) is 0 Å². The highest BCUT2D eigenvalue weighted by atomic mass is 79.9. The van der Waals surface area contributed by atoms with Crippen molar-refractivity contribution in [3.05, 3.63) is 70.7 Å². The lowest BCUT2D eigenvalue weighted by Gasteiger charge is -2.14. The van der Waals surface area contributed by atoms with Crippen molar-refractivity contribution >= 4 is 44.6 Å². The Bertz CT molecular complexity index is 1020. The predicted molar refractivity (Wildman–Crippen MR) is 108 cm³/mol. The summed E-state index contributed by atoms with van der Waals surface area (Å²) in [4.78, 5) is 11.5. The highest BCUT2D eigenvalue weighted by Gasteiger charge is 2.11. The molecule has 4 nitrogen and oxygen atoms in total. The number of carbonyl (C=O) groups excluding carboxylic acids is 1. The number of amides is 1. The van der Waals surface area contributed by atoms with Gasteiger partial charge >= 0.3 is 0 Å². The molecule has 0 aliphatic carbocycles. The number of hydrogen-bond acceptors (Lipinski definition) is 3. The first-order valence-electron chi connectivity index (χ1n) is 8.02. The molecule has 1 amide bonds. The number of benzene rings is 3. The third kappa shape index (κ3) is 4.62. The number of rotatable bonds is 4. The van der Waals surface area contributed by atoms with E-state index in [-0.39, 0.29) is 11.5 Å². The van der Waals surface area contributed by atoms with E-state index in [9.17, 15) is 13.6 Å². The van der Waals surface area contributed by atoms with Gasteiger partial charge in [0.25, 0.3) is 0 Å². The van der Waals surface area contributed by atoms with E-state index in [2.05, 4.69) is 26.6 Å². The van der Waals surface area contributed by atoms with Crippen LogP contribution >= 0.6 is 15.9 Å². The zero-order chi connectivity index (χ0) is 19.6. The van der Waals surface area contributed by atoms with E-state index in [1.807, 2.05) is 6.07 Å². The Balaban J connectivity index is 2.06. The fourth-order valence-corrected chi connectivity index (χ4v) is 3.04. The lowest BCUT2D eigenvalue weighted by molar-refractivity contribution is -0.114. The monoisotopic (exact) mass is 431 g/mol. The van der Waals surface area contributed by atoms with E-state index in [1.54, 1.807) is 30.3 Å². The van der Waals surface area contributed by atoms with E-state index < -0.39 is 11.6 Å². The number of hydrogen-bond donors (Lipinski definition) is 3. The summed E-state index contributed by atoms with van der Waals surface area (Å²) in [6, 6.07) is 13.8. The highest BCUT2D eigenvalue weighted by molar-refractivity contribution is 9.10. The molecule has 7 heteroatoms. The second-order valence-electron chi connectivity index (χ2n) is 5.96. The van der Waals surface area contributed by atoms with Gasteiger partial charge in [-0.3, -0.25) is 4.79 Å². The lowest BCUT2D eigenvalue weighted by atomic mass is 10.0. The van der Waals surface area contributed by atoms with Crippen LogP contribution in [0.3, 0.4) is 0 Å². The number of anilines is 4. The van der Waals surface area contributed by atoms with Crippen LogP contribution in [0.4, 0.5) is 31.5 Å². The van der Waals surface area contributed by atoms with Crippen molar-refractivity contribution in [2.45, 2.75) is 6.92 Å². The molecule has 0 aromatic heterocycles. The summed E-state index contributed by atoms with van der Waals surface area (Å²) >= 11 is 3.35. The molecule has 27 heavy (non-hydrogen) atoms. The average molecular weight is 432 g/mol. The highest BCUT2D eigenvalue weighted by Crippen LogP contribution is 2.33. The molecule has 0 saturated heterocycles. The third-order valence-corrected chi connectivity index (χ3v) is 4.28. The van der Waals surface area contributed by atoms with Gasteiger partial charge in [-0.25, -0.2) is 8.78 Å². The van der Waals surface area contributed by atoms with Gasteiger partial charge in [0.15, 0.2) is 0 Å². The fourth-order valence-electron chi connectivity index (χ4n) is 2.66. The first-order valence-corrected chi connectivity index (χ1v) is 8.81. The second-order valence-corrected chi connectivity index (χ2v) is 6.88. The molecular weight excluding hydrogens is 416 g/mol. The van der Waals surface area contributed by atoms with Gasteiger partial charge in [-0.1, -0.05) is 15.9 Å². The standard InChI is InChI=1S/C20H16BrF2N3O/c1-11(27)25-15-6-12(17-4-3-14(22)9-18(17)23)7-16(10-15)26-20-5-2-13(21)8-19(20)24/h2-10,26H,24H2,1H3,(H,25,27). The Morgan fingerprint density at radius 2 is 1.74 bits per heavy atom. The topological polar surface area (TPSA) is 67.2 Å². The summed E-state index contributed by atoms with van der Waals surface area (Å²) in [5.41, 5.74) is 8.95. The van der Waals surface area contributed by atoms with Crippen LogP contribution in [0.25, 0.3) is 11.1 Å². The van der Waals surface area contributed by atoms with Crippen LogP contribution in [-0.2, 0) is 4.79 Å². The van der Waals surface area contributed by atoms with Crippen LogP contribution in [0.5, 0.6) is 0 Å². The van der Waals surface area contributed by atoms with Crippen LogP contribution in [0.15, 0.2) is 59.1 Å². The first kappa shape index (κ1) is 18.8. The van der Waals surface area contributed by atoms with Crippen LogP contribution in [0.1, 0.15) is 6.92 Å². The molecule has 3 aromatic carbocycles. The molecule has 0 heterocycles. The fraction of sp³-hybridized carbons (Fsp3) is 0.0500. The van der Waals surface area contributed by atoms with Crippen LogP contribution in [-0.4, -0.2) is 5.91 Å². The maximum absolute atomic E-state index is 14.2. The van der Waals surface area contributed by atoms with Crippen LogP contribution in [0, 0.1) is 11.6 Å². The van der Waals surface area contributed by atoms with Gasteiger partial charge in [0, 0.05) is 34.4 Å². The lowest BCUT2D eigenvalue weighted by Crippen LogP contribution is -2.06. The smallest absolute Gasteiger partial charge is 0.221 e. The maximum atomic E-state index is 14.2. The van der Waals surface area contributed by atoms with Crippen molar-refractivity contribution in [2.24, 2.45) is 0 Å². The second kappa shape index (κ2) is 7.75. The number of halogens is 3. The van der Waals surface area contributed by atoms with Crippen LogP contribution in [0.2, 0.25) is 0 Å². The van der Waals surface area contributed by atoms with Crippen molar-refractivity contribution in [2.75, 3.05) is 16.4 Å². The molecule has 0 bridgehead atoms. The molecule has 0 saturated carbocycles. The van der Waals surface area contributed by atoms with Crippen LogP contribution < -0.4 is 16.4 Å². The van der Waals surface area contributed by atoms with E-state index in [4.69, 9.17) is 5.73 Å². The predicted octanol–water partition coefficient (Wildman–Crippen LogP) is 5.68. The molecule has 0 aliphatic heterocycles. The van der Waals surface area contributed by atoms with Gasteiger partial charge in [-0.2, -0.15) is 0 Å². The molecular formula is C20H16BrF2N3O. The van der Waals surface area contributed by atoms with Gasteiger partial charge in [0.2, 0.25) is 5.91 Å². The molecule has 3 rings (SSSR count). The zero-order valence-corrected chi connectivity index (χ0v) is 15.9. The summed E-state index contributed by atoms with van der Waals surface area (Å²) < 4.78 is 28.3.